The fraction of sp³-hybridized carbons (Fsp3) is 0.647. The predicted molar refractivity (Wildman–Crippen MR) is 104 cm³/mol. The summed E-state index contributed by atoms with van der Waals surface area (Å²) in [6.07, 6.45) is 1.08. The molecule has 1 fully saturated rings. The molecule has 9 heteroatoms. The molecule has 0 aromatic carbocycles. The predicted octanol–water partition coefficient (Wildman–Crippen LogP) is 1.49. The van der Waals surface area contributed by atoms with Crippen LogP contribution in [0.5, 0.6) is 0 Å². The molecule has 2 heterocycles. The van der Waals surface area contributed by atoms with Crippen molar-refractivity contribution in [1.82, 2.24) is 20.0 Å². The Hall–Kier alpha value is -1.71. The molecule has 0 spiro atoms. The number of nitrogens with one attached hydrogen (secondary N) is 1. The van der Waals surface area contributed by atoms with Gasteiger partial charge >= 0.3 is 0 Å². The minimum absolute atomic E-state index is 0.386. The molecule has 0 radical (unpaired) electrons. The van der Waals surface area contributed by atoms with Crippen LogP contribution in [0, 0.1) is 10.1 Å². The topological polar surface area (TPSA) is 78.0 Å². The summed E-state index contributed by atoms with van der Waals surface area (Å²) in [5.74, 6) is 4.20. The Morgan fingerprint density at radius 2 is 2.04 bits per heavy atom. The Balaban J connectivity index is 1.72. The van der Waals surface area contributed by atoms with Gasteiger partial charge in [-0.25, -0.2) is 0 Å². The van der Waals surface area contributed by atoms with E-state index in [4.69, 9.17) is 4.42 Å². The second kappa shape index (κ2) is 10.4. The largest absolute Gasteiger partial charge is 0.464 e. The fourth-order valence-corrected chi connectivity index (χ4v) is 3.45. The van der Waals surface area contributed by atoms with Crippen LogP contribution in [0.25, 0.3) is 0 Å². The van der Waals surface area contributed by atoms with Gasteiger partial charge in [0.1, 0.15) is 11.5 Å². The molecule has 1 aliphatic rings. The molecule has 0 bridgehead atoms. The first kappa shape index (κ1) is 20.6. The molecule has 1 N–H and O–H groups in total. The average molecular weight is 384 g/mol. The molecule has 0 amide bonds. The standard InChI is InChI=1S/C17H29N5O3S/c1-19(2)12-15-4-5-16(25-15)14-26-11-6-18-17(13-22(23)24)21-9-7-20(3)8-10-21/h4-5,13,18H,6-12,14H2,1-3H3/b17-13+. The zero-order valence-corrected chi connectivity index (χ0v) is 16.6. The summed E-state index contributed by atoms with van der Waals surface area (Å²) in [5.41, 5.74) is 0. The second-order valence-corrected chi connectivity index (χ2v) is 7.78. The first-order valence-electron chi connectivity index (χ1n) is 8.77. The number of rotatable bonds is 10. The Morgan fingerprint density at radius 1 is 1.35 bits per heavy atom. The van der Waals surface area contributed by atoms with Gasteiger partial charge in [0.2, 0.25) is 0 Å². The number of furan rings is 1. The van der Waals surface area contributed by atoms with Crippen LogP contribution in [0.15, 0.2) is 28.6 Å². The summed E-state index contributed by atoms with van der Waals surface area (Å²) in [6, 6.07) is 4.03. The third kappa shape index (κ3) is 7.27. The van der Waals surface area contributed by atoms with E-state index in [2.05, 4.69) is 22.2 Å². The summed E-state index contributed by atoms with van der Waals surface area (Å²) in [7, 11) is 6.09. The van der Waals surface area contributed by atoms with Crippen molar-refractivity contribution in [3.8, 4) is 0 Å². The molecule has 146 valence electrons. The lowest BCUT2D eigenvalue weighted by Crippen LogP contribution is -2.46. The van der Waals surface area contributed by atoms with Crippen LogP contribution >= 0.6 is 11.8 Å². The van der Waals surface area contributed by atoms with E-state index in [-0.39, 0.29) is 4.92 Å². The van der Waals surface area contributed by atoms with Gasteiger partial charge in [0, 0.05) is 38.5 Å². The lowest BCUT2D eigenvalue weighted by molar-refractivity contribution is -0.404. The van der Waals surface area contributed by atoms with Gasteiger partial charge in [0.05, 0.1) is 17.2 Å². The summed E-state index contributed by atoms with van der Waals surface area (Å²) in [4.78, 5) is 16.9. The van der Waals surface area contributed by atoms with Crippen molar-refractivity contribution in [3.05, 3.63) is 45.8 Å². The van der Waals surface area contributed by atoms with Crippen molar-refractivity contribution in [2.24, 2.45) is 0 Å². The van der Waals surface area contributed by atoms with Gasteiger partial charge in [0.25, 0.3) is 6.20 Å². The van der Waals surface area contributed by atoms with Crippen LogP contribution in [0.3, 0.4) is 0 Å². The maximum absolute atomic E-state index is 10.9. The number of hydrogen-bond donors (Lipinski definition) is 1. The molecule has 0 aliphatic carbocycles. The van der Waals surface area contributed by atoms with E-state index in [0.717, 1.165) is 61.9 Å². The van der Waals surface area contributed by atoms with E-state index < -0.39 is 0 Å². The number of likely N-dealkylation sites (N-methyl/N-ethyl adjacent to an activating group) is 1. The summed E-state index contributed by atoms with van der Waals surface area (Å²) in [6.45, 7) is 4.92. The SMILES string of the molecule is CN(C)Cc1ccc(CSCCN/C(=C\[N+](=O)[O-])N2CCN(C)CC2)o1. The molecular weight excluding hydrogens is 354 g/mol. The quantitative estimate of drug-likeness (QED) is 0.370. The van der Waals surface area contributed by atoms with Crippen molar-refractivity contribution < 1.29 is 9.34 Å². The van der Waals surface area contributed by atoms with Crippen LogP contribution in [0.4, 0.5) is 0 Å². The van der Waals surface area contributed by atoms with Crippen molar-refractivity contribution >= 4 is 11.8 Å². The Bertz CT molecular complexity index is 597. The van der Waals surface area contributed by atoms with Gasteiger partial charge in [-0.05, 0) is 33.3 Å². The number of thioether (sulfide) groups is 1. The molecule has 0 unspecified atom stereocenters. The number of nitrogens with zero attached hydrogens (tertiary/aromatic N) is 4. The van der Waals surface area contributed by atoms with Gasteiger partial charge in [-0.2, -0.15) is 11.8 Å². The third-order valence-corrected chi connectivity index (χ3v) is 5.04. The van der Waals surface area contributed by atoms with Crippen LogP contribution in [-0.2, 0) is 12.3 Å². The van der Waals surface area contributed by atoms with Crippen molar-refractivity contribution in [2.75, 3.05) is 59.6 Å². The van der Waals surface area contributed by atoms with Crippen LogP contribution in [0.1, 0.15) is 11.5 Å². The molecular formula is C17H29N5O3S. The lowest BCUT2D eigenvalue weighted by Gasteiger charge is -2.34. The zero-order chi connectivity index (χ0) is 18.9. The molecule has 1 aliphatic heterocycles. The highest BCUT2D eigenvalue weighted by molar-refractivity contribution is 7.98. The van der Waals surface area contributed by atoms with E-state index in [1.807, 2.05) is 31.1 Å². The highest BCUT2D eigenvalue weighted by Gasteiger charge is 2.18. The second-order valence-electron chi connectivity index (χ2n) is 6.68. The van der Waals surface area contributed by atoms with E-state index in [0.29, 0.717) is 12.4 Å². The van der Waals surface area contributed by atoms with Gasteiger partial charge in [-0.15, -0.1) is 0 Å². The summed E-state index contributed by atoms with van der Waals surface area (Å²) in [5, 5.41) is 14.1. The van der Waals surface area contributed by atoms with Gasteiger partial charge in [0.15, 0.2) is 5.82 Å². The van der Waals surface area contributed by atoms with Gasteiger partial charge in [-0.1, -0.05) is 0 Å². The molecule has 26 heavy (non-hydrogen) atoms. The highest BCUT2D eigenvalue weighted by Crippen LogP contribution is 2.16. The van der Waals surface area contributed by atoms with Crippen molar-refractivity contribution in [3.63, 3.8) is 0 Å². The third-order valence-electron chi connectivity index (χ3n) is 4.06. The molecule has 2 rings (SSSR count). The summed E-state index contributed by atoms with van der Waals surface area (Å²) < 4.78 is 5.78. The minimum Gasteiger partial charge on any atom is -0.464 e. The smallest absolute Gasteiger partial charge is 0.274 e. The number of hydrogen-bond acceptors (Lipinski definition) is 8. The zero-order valence-electron chi connectivity index (χ0n) is 15.8. The molecule has 0 saturated carbocycles. The molecule has 0 atom stereocenters. The van der Waals surface area contributed by atoms with Gasteiger partial charge < -0.3 is 24.4 Å². The minimum atomic E-state index is -0.386. The molecule has 8 nitrogen and oxygen atoms in total. The van der Waals surface area contributed by atoms with Crippen molar-refractivity contribution in [2.45, 2.75) is 12.3 Å². The molecule has 1 aromatic rings. The normalized spacial score (nSPS) is 16.3. The maximum Gasteiger partial charge on any atom is 0.274 e. The fourth-order valence-electron chi connectivity index (χ4n) is 2.71. The Kier molecular flexibility index (Phi) is 8.27. The lowest BCUT2D eigenvalue weighted by atomic mass is 10.3. The van der Waals surface area contributed by atoms with Crippen molar-refractivity contribution in [1.29, 1.82) is 0 Å². The van der Waals surface area contributed by atoms with Crippen LogP contribution in [0.2, 0.25) is 0 Å². The van der Waals surface area contributed by atoms with E-state index >= 15 is 0 Å². The summed E-state index contributed by atoms with van der Waals surface area (Å²) >= 11 is 1.75. The Labute approximate surface area is 159 Å². The van der Waals surface area contributed by atoms with Crippen LogP contribution < -0.4 is 5.32 Å². The Morgan fingerprint density at radius 3 is 2.69 bits per heavy atom. The van der Waals surface area contributed by atoms with Gasteiger partial charge in [-0.3, -0.25) is 10.1 Å². The number of nitro groups is 1. The highest BCUT2D eigenvalue weighted by atomic mass is 32.2. The average Bonchev–Trinajstić information content (AvgIpc) is 3.00. The first-order chi connectivity index (χ1) is 12.4. The maximum atomic E-state index is 10.9. The van der Waals surface area contributed by atoms with E-state index in [1.54, 1.807) is 11.8 Å². The monoisotopic (exact) mass is 383 g/mol. The van der Waals surface area contributed by atoms with E-state index in [1.165, 1.54) is 0 Å². The number of piperazine rings is 1. The first-order valence-corrected chi connectivity index (χ1v) is 9.92. The molecule has 1 aromatic heterocycles. The van der Waals surface area contributed by atoms with Crippen LogP contribution in [-0.4, -0.2) is 79.2 Å². The molecule has 1 saturated heterocycles. The van der Waals surface area contributed by atoms with E-state index in [9.17, 15) is 10.1 Å².